The van der Waals surface area contributed by atoms with E-state index in [9.17, 15) is 13.2 Å². The Kier molecular flexibility index (Phi) is 8.89. The molecule has 1 rings (SSSR count). The van der Waals surface area contributed by atoms with Gasteiger partial charge in [0.2, 0.25) is 15.9 Å². The molecule has 1 aromatic carbocycles. The van der Waals surface area contributed by atoms with Gasteiger partial charge in [-0.3, -0.25) is 9.52 Å². The molecule has 4 nitrogen and oxygen atoms in total. The molecular weight excluding hydrogens is 410 g/mol. The van der Waals surface area contributed by atoms with Crippen LogP contribution >= 0.6 is 0 Å². The van der Waals surface area contributed by atoms with E-state index in [0.29, 0.717) is 5.56 Å². The van der Waals surface area contributed by atoms with Crippen LogP contribution in [0.5, 0.6) is 0 Å². The third-order valence-electron chi connectivity index (χ3n) is 1.43. The van der Waals surface area contributed by atoms with Crippen molar-refractivity contribution in [3.05, 3.63) is 49.4 Å². The first kappa shape index (κ1) is 18.4. The monoisotopic (exact) mass is 423 g/mol. The molecule has 0 bridgehead atoms. The Bertz CT molecular complexity index is 469. The Morgan fingerprint density at radius 1 is 1.41 bits per heavy atom. The molecule has 0 aliphatic heterocycles. The quantitative estimate of drug-likeness (QED) is 0.584. The molecule has 17 heavy (non-hydrogen) atoms. The predicted molar refractivity (Wildman–Crippen MR) is 63.7 cm³/mol. The normalized spacial score (nSPS) is 10.2. The van der Waals surface area contributed by atoms with Gasteiger partial charge in [-0.2, -0.15) is 5.56 Å². The Balaban J connectivity index is 0. The van der Waals surface area contributed by atoms with Gasteiger partial charge in [-0.05, 0) is 6.08 Å². The summed E-state index contributed by atoms with van der Waals surface area (Å²) in [5, 5.41) is 0. The zero-order chi connectivity index (χ0) is 11.3. The predicted octanol–water partition coefficient (Wildman–Crippen LogP) is 1.02. The van der Waals surface area contributed by atoms with E-state index in [0.717, 1.165) is 12.3 Å². The fraction of sp³-hybridized carbons (Fsp3) is 0.0909. The molecule has 92 valence electrons. The van der Waals surface area contributed by atoms with E-state index in [1.54, 1.807) is 24.3 Å². The van der Waals surface area contributed by atoms with Crippen LogP contribution in [-0.2, 0) is 35.9 Å². The molecule has 0 aliphatic rings. The average molecular weight is 423 g/mol. The van der Waals surface area contributed by atoms with Crippen molar-refractivity contribution in [2.45, 2.75) is 0 Å². The number of hydrogen-bond acceptors (Lipinski definition) is 3. The van der Waals surface area contributed by atoms with E-state index in [1.807, 2.05) is 4.72 Å². The Labute approximate surface area is 116 Å². The molecule has 0 saturated carbocycles. The summed E-state index contributed by atoms with van der Waals surface area (Å²) in [5.41, 5.74) is 0.709. The number of amides is 1. The van der Waals surface area contributed by atoms with Crippen molar-refractivity contribution in [2.75, 3.05) is 6.26 Å². The number of sulfonamides is 1. The van der Waals surface area contributed by atoms with Gasteiger partial charge >= 0.3 is 21.1 Å². The molecule has 0 heterocycles. The fourth-order valence-electron chi connectivity index (χ4n) is 0.893. The molecule has 1 amide bonds. The second-order valence-corrected chi connectivity index (χ2v) is 4.64. The van der Waals surface area contributed by atoms with Gasteiger partial charge in [0.15, 0.2) is 0 Å². The number of carbonyl (C=O) groups is 1. The maximum absolute atomic E-state index is 11.0. The largest absolute Gasteiger partial charge is 2.00 e. The molecule has 1 N–H and O–H groups in total. The van der Waals surface area contributed by atoms with Crippen molar-refractivity contribution in [1.29, 1.82) is 0 Å². The van der Waals surface area contributed by atoms with E-state index >= 15 is 0 Å². The molecule has 0 atom stereocenters. The molecule has 0 spiro atoms. The zero-order valence-electron chi connectivity index (χ0n) is 9.51. The molecule has 0 aromatic heterocycles. The number of carbonyl (C=O) groups excluding carboxylic acids is 1. The number of nitrogens with one attached hydrogen (secondary N) is 1. The molecule has 0 aliphatic carbocycles. The van der Waals surface area contributed by atoms with Crippen molar-refractivity contribution < 1.29 is 34.3 Å². The molecule has 0 fully saturated rings. The summed E-state index contributed by atoms with van der Waals surface area (Å²) in [6, 6.07) is 9.92. The minimum atomic E-state index is -3.49. The van der Waals surface area contributed by atoms with Crippen molar-refractivity contribution in [1.82, 2.24) is 4.72 Å². The van der Waals surface area contributed by atoms with Crippen molar-refractivity contribution in [3.63, 3.8) is 0 Å². The first-order valence-corrected chi connectivity index (χ1v) is 6.03. The third-order valence-corrected chi connectivity index (χ3v) is 2.01. The van der Waals surface area contributed by atoms with E-state index in [-0.39, 0.29) is 28.5 Å². The van der Waals surface area contributed by atoms with E-state index in [4.69, 9.17) is 0 Å². The maximum Gasteiger partial charge on any atom is 2.00 e. The molecule has 6 heteroatoms. The van der Waals surface area contributed by atoms with Crippen LogP contribution in [0.2, 0.25) is 0 Å². The number of benzene rings is 1. The van der Waals surface area contributed by atoms with Crippen LogP contribution in [0.25, 0.3) is 6.08 Å². The molecule has 0 saturated heterocycles. The van der Waals surface area contributed by atoms with Gasteiger partial charge in [0.1, 0.15) is 0 Å². The van der Waals surface area contributed by atoms with Crippen molar-refractivity contribution in [2.24, 2.45) is 0 Å². The Hall–Kier alpha value is -0.932. The number of rotatable bonds is 3. The molecule has 0 radical (unpaired) electrons. The molecule has 0 unspecified atom stereocenters. The van der Waals surface area contributed by atoms with Crippen LogP contribution in [0, 0.1) is 13.5 Å². The van der Waals surface area contributed by atoms with Crippen LogP contribution in [0.1, 0.15) is 5.56 Å². The fourth-order valence-corrected chi connectivity index (χ4v) is 1.33. The minimum absolute atomic E-state index is 0. The van der Waals surface area contributed by atoms with Gasteiger partial charge in [-0.25, -0.2) is 8.42 Å². The van der Waals surface area contributed by atoms with Gasteiger partial charge in [0, 0.05) is 0 Å². The van der Waals surface area contributed by atoms with Gasteiger partial charge < -0.3 is 7.43 Å². The maximum atomic E-state index is 11.0. The van der Waals surface area contributed by atoms with Gasteiger partial charge in [0.05, 0.1) is 6.26 Å². The Morgan fingerprint density at radius 2 is 2.06 bits per heavy atom. The van der Waals surface area contributed by atoms with Crippen LogP contribution in [0.15, 0.2) is 30.3 Å². The van der Waals surface area contributed by atoms with Crippen molar-refractivity contribution in [3.8, 4) is 0 Å². The van der Waals surface area contributed by atoms with Crippen LogP contribution in [-0.4, -0.2) is 20.6 Å². The summed E-state index contributed by atoms with van der Waals surface area (Å²) >= 11 is 0. The second kappa shape index (κ2) is 8.20. The number of hydrogen-bond donors (Lipinski definition) is 1. The molecular formula is C11H13NO3SW. The summed E-state index contributed by atoms with van der Waals surface area (Å²) in [6.45, 7) is 0. The minimum Gasteiger partial charge on any atom is -0.358 e. The summed E-state index contributed by atoms with van der Waals surface area (Å²) in [4.78, 5) is 11.0. The van der Waals surface area contributed by atoms with Gasteiger partial charge in [0.25, 0.3) is 0 Å². The standard InChI is InChI=1S/C10H10NO3S.CH3.W/c1-15(13,14)11-10(12)8-7-9-5-3-2-4-6-9;;/h2-5,7-8H,1H3,(H,11,12);1H3;/q2*-1;+2/b8-7+;;. The SMILES string of the molecule is CS(=O)(=O)NC(=O)/C=C/c1[c-]cccc1.[CH3-].[W+2]. The topological polar surface area (TPSA) is 63.2 Å². The average Bonchev–Trinajstić information content (AvgIpc) is 2.14. The zero-order valence-corrected chi connectivity index (χ0v) is 13.3. The first-order chi connectivity index (χ1) is 6.97. The van der Waals surface area contributed by atoms with Gasteiger partial charge in [-0.1, -0.05) is 0 Å². The van der Waals surface area contributed by atoms with Crippen molar-refractivity contribution >= 4 is 22.0 Å². The van der Waals surface area contributed by atoms with Gasteiger partial charge in [-0.15, -0.1) is 36.4 Å². The van der Waals surface area contributed by atoms with Crippen LogP contribution < -0.4 is 4.72 Å². The first-order valence-electron chi connectivity index (χ1n) is 4.14. The van der Waals surface area contributed by atoms with E-state index in [1.165, 1.54) is 6.08 Å². The Morgan fingerprint density at radius 3 is 2.53 bits per heavy atom. The third kappa shape index (κ3) is 8.83. The second-order valence-electron chi connectivity index (χ2n) is 2.89. The van der Waals surface area contributed by atoms with E-state index in [2.05, 4.69) is 6.07 Å². The summed E-state index contributed by atoms with van der Waals surface area (Å²) in [6.07, 6.45) is 3.56. The smallest absolute Gasteiger partial charge is 0.358 e. The summed E-state index contributed by atoms with van der Waals surface area (Å²) in [5.74, 6) is -0.672. The summed E-state index contributed by atoms with van der Waals surface area (Å²) < 4.78 is 23.2. The van der Waals surface area contributed by atoms with E-state index < -0.39 is 15.9 Å². The van der Waals surface area contributed by atoms with Crippen LogP contribution in [0.4, 0.5) is 0 Å². The molecule has 1 aromatic rings. The van der Waals surface area contributed by atoms with Crippen LogP contribution in [0.3, 0.4) is 0 Å². The summed E-state index contributed by atoms with van der Waals surface area (Å²) in [7, 11) is -3.49.